The van der Waals surface area contributed by atoms with Gasteiger partial charge in [0.2, 0.25) is 0 Å². The standard InChI is InChI=1S/C14H17N3O2.C9H10.C2H6O/c1-8-7-10(19-4)5-6-11(8)13-16-9(2)12(15)14(18)17(13)3;1-2-5-9-7-3-6-8(9)4-1;1-2-3/h5-7H,15H2,1-4H3;1-2,4-5H,3,6-7H2;3H,2H2,1H3. The van der Waals surface area contributed by atoms with E-state index in [0.29, 0.717) is 11.5 Å². The number of nitrogens with zero attached hydrogens (tertiary/aromatic N) is 2. The minimum absolute atomic E-state index is 0.192. The maximum absolute atomic E-state index is 12.0. The zero-order valence-corrected chi connectivity index (χ0v) is 19.1. The molecule has 6 heteroatoms. The van der Waals surface area contributed by atoms with Gasteiger partial charge in [-0.2, -0.15) is 0 Å². The Morgan fingerprint density at radius 1 is 1.13 bits per heavy atom. The molecule has 0 amide bonds. The van der Waals surface area contributed by atoms with Gasteiger partial charge >= 0.3 is 0 Å². The third kappa shape index (κ3) is 5.95. The van der Waals surface area contributed by atoms with E-state index in [9.17, 15) is 4.79 Å². The van der Waals surface area contributed by atoms with Crippen LogP contribution in [0.25, 0.3) is 11.4 Å². The molecule has 0 fully saturated rings. The summed E-state index contributed by atoms with van der Waals surface area (Å²) in [5, 5.41) is 7.57. The van der Waals surface area contributed by atoms with Crippen LogP contribution in [0.3, 0.4) is 0 Å². The SMILES string of the molecule is CCO.COc1ccc(-c2nc(C)c(N)c(=O)n2C)c(C)c1.c1ccc2c(c1)CCC2. The van der Waals surface area contributed by atoms with Gasteiger partial charge < -0.3 is 15.6 Å². The number of hydrogen-bond acceptors (Lipinski definition) is 5. The second-order valence-corrected chi connectivity index (χ2v) is 7.42. The third-order valence-corrected chi connectivity index (χ3v) is 5.20. The van der Waals surface area contributed by atoms with Crippen LogP contribution in [-0.4, -0.2) is 28.4 Å². The highest BCUT2D eigenvalue weighted by atomic mass is 16.5. The number of rotatable bonds is 2. The molecule has 0 bridgehead atoms. The number of fused-ring (bicyclic) bond motifs is 1. The molecule has 4 rings (SSSR count). The van der Waals surface area contributed by atoms with E-state index in [1.165, 1.54) is 23.8 Å². The molecule has 1 aliphatic rings. The largest absolute Gasteiger partial charge is 0.497 e. The Balaban J connectivity index is 0.000000234. The molecule has 0 saturated carbocycles. The summed E-state index contributed by atoms with van der Waals surface area (Å²) in [6, 6.07) is 14.4. The molecular weight excluding hydrogens is 390 g/mol. The van der Waals surface area contributed by atoms with Crippen molar-refractivity contribution in [1.82, 2.24) is 9.55 Å². The second-order valence-electron chi connectivity index (χ2n) is 7.42. The maximum atomic E-state index is 12.0. The molecule has 0 saturated heterocycles. The number of aliphatic hydroxyl groups is 1. The van der Waals surface area contributed by atoms with Gasteiger partial charge in [0.25, 0.3) is 5.56 Å². The average molecular weight is 424 g/mol. The molecule has 166 valence electrons. The smallest absolute Gasteiger partial charge is 0.276 e. The first-order valence-electron chi connectivity index (χ1n) is 10.5. The summed E-state index contributed by atoms with van der Waals surface area (Å²) in [7, 11) is 3.29. The number of nitrogen functional groups attached to an aromatic ring is 1. The zero-order valence-electron chi connectivity index (χ0n) is 19.1. The fourth-order valence-electron chi connectivity index (χ4n) is 3.50. The molecule has 0 aliphatic heterocycles. The van der Waals surface area contributed by atoms with Crippen LogP contribution in [-0.2, 0) is 19.9 Å². The van der Waals surface area contributed by atoms with Crippen LogP contribution in [0.4, 0.5) is 5.69 Å². The summed E-state index contributed by atoms with van der Waals surface area (Å²) >= 11 is 0. The molecule has 0 atom stereocenters. The number of benzene rings is 2. The van der Waals surface area contributed by atoms with Gasteiger partial charge in [-0.25, -0.2) is 4.98 Å². The Morgan fingerprint density at radius 3 is 2.23 bits per heavy atom. The molecule has 2 aromatic carbocycles. The van der Waals surface area contributed by atoms with Gasteiger partial charge in [0.05, 0.1) is 12.8 Å². The normalized spacial score (nSPS) is 11.5. The lowest BCUT2D eigenvalue weighted by Crippen LogP contribution is -2.24. The highest BCUT2D eigenvalue weighted by Gasteiger charge is 2.13. The van der Waals surface area contributed by atoms with Crippen molar-refractivity contribution in [3.8, 4) is 17.1 Å². The number of aromatic nitrogens is 2. The van der Waals surface area contributed by atoms with Crippen LogP contribution >= 0.6 is 0 Å². The molecule has 31 heavy (non-hydrogen) atoms. The molecule has 6 nitrogen and oxygen atoms in total. The lowest BCUT2D eigenvalue weighted by Gasteiger charge is -2.13. The average Bonchev–Trinajstić information content (AvgIpc) is 3.25. The van der Waals surface area contributed by atoms with Crippen molar-refractivity contribution < 1.29 is 9.84 Å². The maximum Gasteiger partial charge on any atom is 0.276 e. The van der Waals surface area contributed by atoms with Crippen LogP contribution in [0.1, 0.15) is 35.7 Å². The van der Waals surface area contributed by atoms with E-state index in [1.54, 1.807) is 39.1 Å². The predicted octanol–water partition coefficient (Wildman–Crippen LogP) is 3.83. The Morgan fingerprint density at radius 2 is 1.71 bits per heavy atom. The van der Waals surface area contributed by atoms with Crippen molar-refractivity contribution in [2.24, 2.45) is 7.05 Å². The number of aryl methyl sites for hydroxylation is 4. The molecule has 3 aromatic rings. The van der Waals surface area contributed by atoms with E-state index in [4.69, 9.17) is 15.6 Å². The van der Waals surface area contributed by atoms with Gasteiger partial charge in [-0.05, 0) is 74.9 Å². The summed E-state index contributed by atoms with van der Waals surface area (Å²) in [4.78, 5) is 16.4. The highest BCUT2D eigenvalue weighted by Crippen LogP contribution is 2.25. The van der Waals surface area contributed by atoms with Crippen LogP contribution in [0.2, 0.25) is 0 Å². The fourth-order valence-corrected chi connectivity index (χ4v) is 3.50. The van der Waals surface area contributed by atoms with Gasteiger partial charge in [-0.3, -0.25) is 9.36 Å². The van der Waals surface area contributed by atoms with Crippen molar-refractivity contribution in [3.05, 3.63) is 75.2 Å². The number of hydrogen-bond donors (Lipinski definition) is 2. The summed E-state index contributed by atoms with van der Waals surface area (Å²) in [5.41, 5.74) is 11.2. The van der Waals surface area contributed by atoms with Crippen molar-refractivity contribution in [3.63, 3.8) is 0 Å². The van der Waals surface area contributed by atoms with Gasteiger partial charge in [0, 0.05) is 19.2 Å². The minimum Gasteiger partial charge on any atom is -0.497 e. The van der Waals surface area contributed by atoms with Crippen molar-refractivity contribution in [2.75, 3.05) is 19.5 Å². The lowest BCUT2D eigenvalue weighted by atomic mass is 10.1. The van der Waals surface area contributed by atoms with Crippen LogP contribution < -0.4 is 16.0 Å². The molecule has 0 unspecified atom stereocenters. The Labute approximate surface area is 184 Å². The van der Waals surface area contributed by atoms with Gasteiger partial charge in [-0.1, -0.05) is 24.3 Å². The van der Waals surface area contributed by atoms with Crippen molar-refractivity contribution >= 4 is 5.69 Å². The van der Waals surface area contributed by atoms with Crippen LogP contribution in [0, 0.1) is 13.8 Å². The minimum atomic E-state index is -0.224. The summed E-state index contributed by atoms with van der Waals surface area (Å²) < 4.78 is 6.64. The zero-order chi connectivity index (χ0) is 23.0. The first-order chi connectivity index (χ1) is 14.8. The molecule has 0 radical (unpaired) electrons. The lowest BCUT2D eigenvalue weighted by molar-refractivity contribution is 0.318. The quantitative estimate of drug-likeness (QED) is 0.654. The molecule has 1 aromatic heterocycles. The number of nitrogens with two attached hydrogens (primary N) is 1. The number of aliphatic hydroxyl groups excluding tert-OH is 1. The van der Waals surface area contributed by atoms with Crippen LogP contribution in [0.15, 0.2) is 47.3 Å². The van der Waals surface area contributed by atoms with E-state index >= 15 is 0 Å². The monoisotopic (exact) mass is 423 g/mol. The van der Waals surface area contributed by atoms with E-state index < -0.39 is 0 Å². The Bertz CT molecular complexity index is 1050. The topological polar surface area (TPSA) is 90.4 Å². The predicted molar refractivity (Wildman–Crippen MR) is 127 cm³/mol. The second kappa shape index (κ2) is 11.3. The van der Waals surface area contributed by atoms with Crippen LogP contribution in [0.5, 0.6) is 5.75 Å². The van der Waals surface area contributed by atoms with E-state index in [0.717, 1.165) is 16.9 Å². The van der Waals surface area contributed by atoms with E-state index in [1.807, 2.05) is 25.1 Å². The fraction of sp³-hybridized carbons (Fsp3) is 0.360. The third-order valence-electron chi connectivity index (χ3n) is 5.20. The first-order valence-corrected chi connectivity index (χ1v) is 10.5. The van der Waals surface area contributed by atoms with Crippen molar-refractivity contribution in [2.45, 2.75) is 40.0 Å². The molecule has 1 aliphatic carbocycles. The van der Waals surface area contributed by atoms with E-state index in [-0.39, 0.29) is 17.9 Å². The van der Waals surface area contributed by atoms with Gasteiger partial charge in [0.1, 0.15) is 17.3 Å². The molecule has 0 spiro atoms. The molecular formula is C25H33N3O3. The number of anilines is 1. The summed E-state index contributed by atoms with van der Waals surface area (Å²) in [5.74, 6) is 1.38. The molecule has 1 heterocycles. The molecule has 3 N–H and O–H groups in total. The first kappa shape index (κ1) is 24.2. The Kier molecular flexibility index (Phi) is 8.82. The summed E-state index contributed by atoms with van der Waals surface area (Å²) in [6.07, 6.45) is 3.96. The van der Waals surface area contributed by atoms with Gasteiger partial charge in [0.15, 0.2) is 0 Å². The highest BCUT2D eigenvalue weighted by molar-refractivity contribution is 5.63. The Hall–Kier alpha value is -3.12. The summed E-state index contributed by atoms with van der Waals surface area (Å²) in [6.45, 7) is 5.62. The van der Waals surface area contributed by atoms with E-state index in [2.05, 4.69) is 29.2 Å². The van der Waals surface area contributed by atoms with Gasteiger partial charge in [-0.15, -0.1) is 0 Å². The number of ether oxygens (including phenoxy) is 1. The van der Waals surface area contributed by atoms with Crippen molar-refractivity contribution in [1.29, 1.82) is 0 Å². The number of methoxy groups -OCH3 is 1.